The van der Waals surface area contributed by atoms with E-state index in [-0.39, 0.29) is 12.2 Å². The van der Waals surface area contributed by atoms with Crippen LogP contribution in [0.4, 0.5) is 0 Å². The molecule has 0 radical (unpaired) electrons. The second-order valence-electron chi connectivity index (χ2n) is 5.22. The summed E-state index contributed by atoms with van der Waals surface area (Å²) in [6, 6.07) is 0. The first-order valence-corrected chi connectivity index (χ1v) is 6.00. The lowest BCUT2D eigenvalue weighted by molar-refractivity contribution is -0.164. The van der Waals surface area contributed by atoms with E-state index in [9.17, 15) is 9.59 Å². The van der Waals surface area contributed by atoms with Crippen LogP contribution in [-0.2, 0) is 19.1 Å². The van der Waals surface area contributed by atoms with E-state index in [4.69, 9.17) is 9.47 Å². The van der Waals surface area contributed by atoms with Crippen molar-refractivity contribution in [3.05, 3.63) is 12.2 Å². The fourth-order valence-corrected chi connectivity index (χ4v) is 3.20. The van der Waals surface area contributed by atoms with Gasteiger partial charge < -0.3 is 9.47 Å². The van der Waals surface area contributed by atoms with Gasteiger partial charge in [0.2, 0.25) is 0 Å². The van der Waals surface area contributed by atoms with Crippen molar-refractivity contribution in [2.45, 2.75) is 38.9 Å². The number of hydrogen-bond acceptors (Lipinski definition) is 4. The summed E-state index contributed by atoms with van der Waals surface area (Å²) in [5.74, 6) is 0.788. The van der Waals surface area contributed by atoms with E-state index in [0.29, 0.717) is 29.8 Å². The molecular weight excluding hydrogens is 220 g/mol. The predicted molar refractivity (Wildman–Crippen MR) is 61.0 cm³/mol. The third kappa shape index (κ3) is 2.08. The highest BCUT2D eigenvalue weighted by molar-refractivity contribution is 5.87. The third-order valence-corrected chi connectivity index (χ3v) is 4.00. The molecule has 2 fully saturated rings. The summed E-state index contributed by atoms with van der Waals surface area (Å²) in [5, 5.41) is 0. The van der Waals surface area contributed by atoms with E-state index in [1.165, 1.54) is 0 Å². The first-order valence-electron chi connectivity index (χ1n) is 6.00. The van der Waals surface area contributed by atoms with Crippen LogP contribution >= 0.6 is 0 Å². The molecule has 5 unspecified atom stereocenters. The molecule has 2 bridgehead atoms. The maximum Gasteiger partial charge on any atom is 0.333 e. The highest BCUT2D eigenvalue weighted by Crippen LogP contribution is 2.50. The second kappa shape index (κ2) is 4.51. The molecule has 2 rings (SSSR count). The molecule has 2 aliphatic carbocycles. The molecule has 17 heavy (non-hydrogen) atoms. The minimum absolute atomic E-state index is 0.274. The Hall–Kier alpha value is -1.32. The SMILES string of the molecule is C=C(C)C(=O)OC1C2CC(C)C(C2)C1OC=O. The fourth-order valence-electron chi connectivity index (χ4n) is 3.20. The smallest absolute Gasteiger partial charge is 0.333 e. The summed E-state index contributed by atoms with van der Waals surface area (Å²) >= 11 is 0. The third-order valence-electron chi connectivity index (χ3n) is 4.00. The molecule has 4 nitrogen and oxygen atoms in total. The summed E-state index contributed by atoms with van der Waals surface area (Å²) in [6.45, 7) is 7.79. The van der Waals surface area contributed by atoms with Gasteiger partial charge in [0.15, 0.2) is 0 Å². The van der Waals surface area contributed by atoms with Crippen LogP contribution < -0.4 is 0 Å². The van der Waals surface area contributed by atoms with Gasteiger partial charge in [0.25, 0.3) is 6.47 Å². The molecule has 5 atom stereocenters. The lowest BCUT2D eigenvalue weighted by Crippen LogP contribution is -2.41. The van der Waals surface area contributed by atoms with Gasteiger partial charge in [-0.05, 0) is 25.7 Å². The highest BCUT2D eigenvalue weighted by Gasteiger charge is 2.54. The molecule has 4 heteroatoms. The van der Waals surface area contributed by atoms with Crippen molar-refractivity contribution in [3.8, 4) is 0 Å². The van der Waals surface area contributed by atoms with Crippen LogP contribution in [0.5, 0.6) is 0 Å². The van der Waals surface area contributed by atoms with Gasteiger partial charge in [0, 0.05) is 17.4 Å². The molecule has 0 aromatic heterocycles. The molecule has 0 heterocycles. The molecule has 0 N–H and O–H groups in total. The molecule has 0 aromatic carbocycles. The van der Waals surface area contributed by atoms with Crippen LogP contribution in [0.25, 0.3) is 0 Å². The van der Waals surface area contributed by atoms with E-state index < -0.39 is 5.97 Å². The van der Waals surface area contributed by atoms with Crippen LogP contribution in [0, 0.1) is 17.8 Å². The van der Waals surface area contributed by atoms with Crippen LogP contribution in [0.15, 0.2) is 12.2 Å². The molecule has 94 valence electrons. The molecule has 2 saturated carbocycles. The highest BCUT2D eigenvalue weighted by atomic mass is 16.6. The molecule has 0 spiro atoms. The van der Waals surface area contributed by atoms with Gasteiger partial charge in [-0.1, -0.05) is 13.5 Å². The summed E-state index contributed by atoms with van der Waals surface area (Å²) in [7, 11) is 0. The van der Waals surface area contributed by atoms with E-state index in [1.54, 1.807) is 6.92 Å². The summed E-state index contributed by atoms with van der Waals surface area (Å²) in [5.41, 5.74) is 0.380. The van der Waals surface area contributed by atoms with Crippen molar-refractivity contribution in [2.24, 2.45) is 17.8 Å². The zero-order chi connectivity index (χ0) is 12.6. The van der Waals surface area contributed by atoms with Gasteiger partial charge >= 0.3 is 5.97 Å². The minimum Gasteiger partial charge on any atom is -0.460 e. The molecule has 0 aromatic rings. The van der Waals surface area contributed by atoms with E-state index in [0.717, 1.165) is 12.8 Å². The number of hydrogen-bond donors (Lipinski definition) is 0. The number of esters is 1. The zero-order valence-electron chi connectivity index (χ0n) is 10.2. The van der Waals surface area contributed by atoms with Crippen molar-refractivity contribution >= 4 is 12.4 Å². The fraction of sp³-hybridized carbons (Fsp3) is 0.692. The average molecular weight is 238 g/mol. The molecule has 0 amide bonds. The standard InChI is InChI=1S/C13H18O4/c1-7(2)13(15)17-11-9-4-8(3)10(5-9)12(11)16-6-14/h6,8-12H,1,4-5H2,2-3H3. The monoisotopic (exact) mass is 238 g/mol. The lowest BCUT2D eigenvalue weighted by Gasteiger charge is -2.32. The van der Waals surface area contributed by atoms with Gasteiger partial charge in [0.1, 0.15) is 12.2 Å². The van der Waals surface area contributed by atoms with E-state index in [2.05, 4.69) is 13.5 Å². The van der Waals surface area contributed by atoms with Gasteiger partial charge in [-0.2, -0.15) is 0 Å². The van der Waals surface area contributed by atoms with Crippen LogP contribution in [0.3, 0.4) is 0 Å². The number of carbonyl (C=O) groups excluding carboxylic acids is 2. The maximum absolute atomic E-state index is 11.5. The van der Waals surface area contributed by atoms with Crippen molar-refractivity contribution in [1.29, 1.82) is 0 Å². The molecule has 0 saturated heterocycles. The first kappa shape index (κ1) is 12.1. The quantitative estimate of drug-likeness (QED) is 0.425. The van der Waals surface area contributed by atoms with E-state index >= 15 is 0 Å². The Labute approximate surface area is 101 Å². The molecule has 2 aliphatic rings. The van der Waals surface area contributed by atoms with Crippen molar-refractivity contribution < 1.29 is 19.1 Å². The Morgan fingerprint density at radius 2 is 2.06 bits per heavy atom. The average Bonchev–Trinajstić information content (AvgIpc) is 2.77. The van der Waals surface area contributed by atoms with Crippen molar-refractivity contribution in [2.75, 3.05) is 0 Å². The predicted octanol–water partition coefficient (Wildman–Crippen LogP) is 1.69. The Morgan fingerprint density at radius 1 is 1.35 bits per heavy atom. The van der Waals surface area contributed by atoms with Gasteiger partial charge in [-0.3, -0.25) is 4.79 Å². The molecular formula is C13H18O4. The zero-order valence-corrected chi connectivity index (χ0v) is 10.2. The Balaban J connectivity index is 2.08. The Kier molecular flexibility index (Phi) is 3.22. The Bertz CT molecular complexity index is 349. The maximum atomic E-state index is 11.5. The largest absolute Gasteiger partial charge is 0.460 e. The van der Waals surface area contributed by atoms with Crippen LogP contribution in [0.2, 0.25) is 0 Å². The van der Waals surface area contributed by atoms with Gasteiger partial charge in [-0.15, -0.1) is 0 Å². The second-order valence-corrected chi connectivity index (χ2v) is 5.22. The number of ether oxygens (including phenoxy) is 2. The number of carbonyl (C=O) groups is 2. The first-order chi connectivity index (χ1) is 8.04. The van der Waals surface area contributed by atoms with Crippen LogP contribution in [0.1, 0.15) is 26.7 Å². The minimum atomic E-state index is -0.394. The number of rotatable bonds is 4. The van der Waals surface area contributed by atoms with Crippen LogP contribution in [-0.4, -0.2) is 24.6 Å². The number of fused-ring (bicyclic) bond motifs is 2. The van der Waals surface area contributed by atoms with Gasteiger partial charge in [0.05, 0.1) is 0 Å². The Morgan fingerprint density at radius 3 is 2.65 bits per heavy atom. The van der Waals surface area contributed by atoms with Gasteiger partial charge in [-0.25, -0.2) is 4.79 Å². The van der Waals surface area contributed by atoms with Crippen molar-refractivity contribution in [1.82, 2.24) is 0 Å². The molecule has 0 aliphatic heterocycles. The van der Waals surface area contributed by atoms with E-state index in [1.807, 2.05) is 0 Å². The lowest BCUT2D eigenvalue weighted by atomic mass is 9.86. The van der Waals surface area contributed by atoms with Crippen molar-refractivity contribution in [3.63, 3.8) is 0 Å². The summed E-state index contributed by atoms with van der Waals surface area (Å²) in [6.07, 6.45) is 1.46. The summed E-state index contributed by atoms with van der Waals surface area (Å²) in [4.78, 5) is 22.1. The topological polar surface area (TPSA) is 52.6 Å². The summed E-state index contributed by atoms with van der Waals surface area (Å²) < 4.78 is 10.5. The normalized spacial score (nSPS) is 38.8.